The summed E-state index contributed by atoms with van der Waals surface area (Å²) in [6.45, 7) is 9.41. The van der Waals surface area contributed by atoms with E-state index in [0.29, 0.717) is 0 Å². The van der Waals surface area contributed by atoms with E-state index in [1.165, 1.54) is 110 Å². The summed E-state index contributed by atoms with van der Waals surface area (Å²) in [6, 6.07) is 128. The normalized spacial score (nSPS) is 13.0. The Bertz CT molecular complexity index is 5940. The SMILES string of the molecule is CC1(C)c2ccccc2-c2ccc(N(c3ccc(-c4ccccc4)cc3)c3ccccc3-c3ccc4c5ccccc5c5ccccc5c4c3)cc21.CC1(C)c2ccccc2-c2ccc(N(c3ccc(-c4ccccc4)cc3)c3ccccc3-c3cccc4oc5ccccc5c34)cc21. The van der Waals surface area contributed by atoms with E-state index in [0.717, 1.165) is 67.2 Å². The molecule has 16 aromatic carbocycles. The molecule has 470 valence electrons. The van der Waals surface area contributed by atoms with E-state index >= 15 is 0 Å². The second kappa shape index (κ2) is 23.8. The molecule has 1 aromatic heterocycles. The van der Waals surface area contributed by atoms with Gasteiger partial charge in [-0.15, -0.1) is 0 Å². The predicted molar refractivity (Wildman–Crippen MR) is 419 cm³/mol. The standard InChI is InChI=1S/C51H37N.C45H33NO/c1-51(2)48-22-12-10-21-45(48)46-31-29-38(33-49(46)51)52(37-27-24-35(25-28-37)34-14-4-3-5-15-34)50-23-13-11-16-39(50)36-26-30-44-42-19-7-6-17-40(42)41-18-8-9-20-43(41)47(44)32-36;1-45(2)39-19-9-6-15-34(39)35-28-27-33(29-40(35)45)46(32-25-23-31(24-26-32)30-13-4-3-5-14-30)41-20-10-7-16-36(41)37-18-12-22-43-44(37)38-17-8-11-21-42(38)47-43/h3-33H,1-2H3;3-29H,1-2H3. The van der Waals surface area contributed by atoms with Gasteiger partial charge in [-0.1, -0.05) is 301 Å². The predicted octanol–water partition coefficient (Wildman–Crippen LogP) is 27.0. The third kappa shape index (κ3) is 9.95. The number of para-hydroxylation sites is 3. The molecule has 0 amide bonds. The van der Waals surface area contributed by atoms with Crippen molar-refractivity contribution in [2.45, 2.75) is 38.5 Å². The van der Waals surface area contributed by atoms with Crippen LogP contribution in [0.25, 0.3) is 121 Å². The van der Waals surface area contributed by atoms with Crippen LogP contribution in [0.5, 0.6) is 0 Å². The number of benzene rings is 16. The highest BCUT2D eigenvalue weighted by Gasteiger charge is 2.38. The largest absolute Gasteiger partial charge is 0.456 e. The van der Waals surface area contributed by atoms with E-state index in [1.807, 2.05) is 6.07 Å². The first-order chi connectivity index (χ1) is 48.6. The summed E-state index contributed by atoms with van der Waals surface area (Å²) in [6.07, 6.45) is 0. The molecule has 0 spiro atoms. The van der Waals surface area contributed by atoms with E-state index in [9.17, 15) is 0 Å². The van der Waals surface area contributed by atoms with Crippen LogP contribution in [-0.2, 0) is 10.8 Å². The Morgan fingerprint density at radius 3 is 1.09 bits per heavy atom. The van der Waals surface area contributed by atoms with Crippen LogP contribution in [0.4, 0.5) is 34.1 Å². The van der Waals surface area contributed by atoms with Gasteiger partial charge in [0.25, 0.3) is 0 Å². The van der Waals surface area contributed by atoms with E-state index in [2.05, 4.69) is 383 Å². The zero-order chi connectivity index (χ0) is 66.3. The first-order valence-corrected chi connectivity index (χ1v) is 34.5. The van der Waals surface area contributed by atoms with E-state index in [4.69, 9.17) is 4.42 Å². The van der Waals surface area contributed by atoms with Gasteiger partial charge >= 0.3 is 0 Å². The first kappa shape index (κ1) is 59.2. The highest BCUT2D eigenvalue weighted by molar-refractivity contribution is 6.26. The Kier molecular flexibility index (Phi) is 14.2. The van der Waals surface area contributed by atoms with Gasteiger partial charge in [0.05, 0.1) is 11.4 Å². The number of anilines is 6. The second-order valence-corrected chi connectivity index (χ2v) is 27.5. The monoisotopic (exact) mass is 1270 g/mol. The van der Waals surface area contributed by atoms with Crippen LogP contribution in [0.3, 0.4) is 0 Å². The van der Waals surface area contributed by atoms with Crippen molar-refractivity contribution < 1.29 is 4.42 Å². The summed E-state index contributed by atoms with van der Waals surface area (Å²) < 4.78 is 6.33. The summed E-state index contributed by atoms with van der Waals surface area (Å²) >= 11 is 0. The van der Waals surface area contributed by atoms with E-state index in [-0.39, 0.29) is 10.8 Å². The zero-order valence-corrected chi connectivity index (χ0v) is 55.8. The maximum atomic E-state index is 6.33. The van der Waals surface area contributed by atoms with Crippen molar-refractivity contribution in [3.8, 4) is 66.8 Å². The van der Waals surface area contributed by atoms with Gasteiger partial charge < -0.3 is 14.2 Å². The van der Waals surface area contributed by atoms with Gasteiger partial charge in [-0.25, -0.2) is 0 Å². The second-order valence-electron chi connectivity index (χ2n) is 27.5. The summed E-state index contributed by atoms with van der Waals surface area (Å²) in [7, 11) is 0. The Hall–Kier alpha value is -12.3. The third-order valence-corrected chi connectivity index (χ3v) is 21.2. The smallest absolute Gasteiger partial charge is 0.136 e. The molecule has 17 aromatic rings. The summed E-state index contributed by atoms with van der Waals surface area (Å²) in [5.41, 5.74) is 28.7. The van der Waals surface area contributed by atoms with Gasteiger partial charge in [0.2, 0.25) is 0 Å². The van der Waals surface area contributed by atoms with Crippen molar-refractivity contribution in [1.82, 2.24) is 0 Å². The van der Waals surface area contributed by atoms with Crippen molar-refractivity contribution >= 4 is 88.4 Å². The van der Waals surface area contributed by atoms with Crippen LogP contribution in [-0.4, -0.2) is 0 Å². The minimum atomic E-state index is -0.106. The summed E-state index contributed by atoms with van der Waals surface area (Å²) in [5, 5.41) is 9.98. The molecule has 0 aliphatic heterocycles. The van der Waals surface area contributed by atoms with Crippen molar-refractivity contribution in [3.63, 3.8) is 0 Å². The molecule has 0 N–H and O–H groups in total. The van der Waals surface area contributed by atoms with Gasteiger partial charge in [0.15, 0.2) is 0 Å². The molecule has 2 aliphatic carbocycles. The molecule has 1 heterocycles. The number of hydrogen-bond acceptors (Lipinski definition) is 3. The number of furan rings is 1. The molecule has 3 nitrogen and oxygen atoms in total. The van der Waals surface area contributed by atoms with Gasteiger partial charge in [-0.3, -0.25) is 0 Å². The van der Waals surface area contributed by atoms with Gasteiger partial charge in [0.1, 0.15) is 11.2 Å². The van der Waals surface area contributed by atoms with E-state index in [1.54, 1.807) is 0 Å². The molecule has 0 fully saturated rings. The fourth-order valence-corrected chi connectivity index (χ4v) is 16.3. The fourth-order valence-electron chi connectivity index (χ4n) is 16.3. The molecular formula is C96H70N2O. The third-order valence-electron chi connectivity index (χ3n) is 21.2. The maximum Gasteiger partial charge on any atom is 0.136 e. The van der Waals surface area contributed by atoms with Crippen molar-refractivity contribution in [2.24, 2.45) is 0 Å². The Balaban J connectivity index is 0.000000144. The maximum absolute atomic E-state index is 6.33. The summed E-state index contributed by atoms with van der Waals surface area (Å²) in [5.74, 6) is 0. The van der Waals surface area contributed by atoms with Crippen molar-refractivity contribution in [3.05, 3.63) is 374 Å². The number of nitrogens with zero attached hydrogens (tertiary/aromatic N) is 2. The molecule has 0 atom stereocenters. The molecule has 99 heavy (non-hydrogen) atoms. The molecule has 0 saturated carbocycles. The fraction of sp³-hybridized carbons (Fsp3) is 0.0625. The Morgan fingerprint density at radius 2 is 0.566 bits per heavy atom. The minimum Gasteiger partial charge on any atom is -0.456 e. The number of fused-ring (bicyclic) bond motifs is 15. The van der Waals surface area contributed by atoms with Crippen LogP contribution in [0.1, 0.15) is 49.9 Å². The Labute approximate surface area is 578 Å². The lowest BCUT2D eigenvalue weighted by Crippen LogP contribution is -2.16. The lowest BCUT2D eigenvalue weighted by molar-refractivity contribution is 0.660. The molecule has 0 radical (unpaired) electrons. The average Bonchev–Trinajstić information content (AvgIpc) is 1.66. The summed E-state index contributed by atoms with van der Waals surface area (Å²) in [4.78, 5) is 4.87. The Morgan fingerprint density at radius 1 is 0.212 bits per heavy atom. The lowest BCUT2D eigenvalue weighted by atomic mass is 9.82. The molecule has 0 bridgehead atoms. The average molecular weight is 1270 g/mol. The van der Waals surface area contributed by atoms with Crippen LogP contribution >= 0.6 is 0 Å². The van der Waals surface area contributed by atoms with Crippen LogP contribution in [0, 0.1) is 0 Å². The quantitative estimate of drug-likeness (QED) is 0.127. The van der Waals surface area contributed by atoms with Gasteiger partial charge in [-0.05, 0) is 189 Å². The number of hydrogen-bond donors (Lipinski definition) is 0. The zero-order valence-electron chi connectivity index (χ0n) is 55.8. The van der Waals surface area contributed by atoms with Crippen LogP contribution in [0.15, 0.2) is 356 Å². The number of rotatable bonds is 10. The molecular weight excluding hydrogens is 1200 g/mol. The molecule has 19 rings (SSSR count). The lowest BCUT2D eigenvalue weighted by Gasteiger charge is -2.30. The van der Waals surface area contributed by atoms with Crippen molar-refractivity contribution in [1.29, 1.82) is 0 Å². The molecule has 0 unspecified atom stereocenters. The van der Waals surface area contributed by atoms with E-state index < -0.39 is 0 Å². The molecule has 0 saturated heterocycles. The molecule has 2 aliphatic rings. The highest BCUT2D eigenvalue weighted by Crippen LogP contribution is 2.54. The topological polar surface area (TPSA) is 19.6 Å². The minimum absolute atomic E-state index is 0.105. The van der Waals surface area contributed by atoms with Crippen molar-refractivity contribution in [2.75, 3.05) is 9.80 Å². The molecule has 3 heteroatoms. The van der Waals surface area contributed by atoms with Crippen LogP contribution < -0.4 is 9.80 Å². The van der Waals surface area contributed by atoms with Gasteiger partial charge in [0, 0.05) is 55.5 Å². The first-order valence-electron chi connectivity index (χ1n) is 34.5. The highest BCUT2D eigenvalue weighted by atomic mass is 16.3. The van der Waals surface area contributed by atoms with Crippen LogP contribution in [0.2, 0.25) is 0 Å². The van der Waals surface area contributed by atoms with Gasteiger partial charge in [-0.2, -0.15) is 0 Å².